The predicted octanol–water partition coefficient (Wildman–Crippen LogP) is 2.21. The largest absolute Gasteiger partial charge is 0.462 e. The predicted molar refractivity (Wildman–Crippen MR) is 80.5 cm³/mol. The summed E-state index contributed by atoms with van der Waals surface area (Å²) in [5, 5.41) is 20.2. The number of carbonyl (C=O) groups excluding carboxylic acids is 1. The second-order valence-electron chi connectivity index (χ2n) is 6.24. The second-order valence-corrected chi connectivity index (χ2v) is 6.24. The van der Waals surface area contributed by atoms with Crippen molar-refractivity contribution in [1.82, 2.24) is 0 Å². The maximum absolute atomic E-state index is 11.3. The highest BCUT2D eigenvalue weighted by atomic mass is 16.6. The number of aliphatic hydroxyl groups is 2. The topological polar surface area (TPSA) is 66.8 Å². The third-order valence-electron chi connectivity index (χ3n) is 4.60. The molecule has 118 valence electrons. The molecule has 4 nitrogen and oxygen atoms in total. The number of ether oxygens (including phenoxy) is 1. The average Bonchev–Trinajstić information content (AvgIpc) is 2.91. The maximum atomic E-state index is 11.3. The van der Waals surface area contributed by atoms with Crippen LogP contribution in [0, 0.1) is 17.8 Å². The maximum Gasteiger partial charge on any atom is 0.306 e. The molecule has 2 N–H and O–H groups in total. The third kappa shape index (κ3) is 3.95. The van der Waals surface area contributed by atoms with Crippen molar-refractivity contribution >= 4 is 5.97 Å². The smallest absolute Gasteiger partial charge is 0.306 e. The number of fused-ring (bicyclic) bond motifs is 1. The van der Waals surface area contributed by atoms with Gasteiger partial charge in [0.05, 0.1) is 18.6 Å². The van der Waals surface area contributed by atoms with E-state index in [-0.39, 0.29) is 29.8 Å². The van der Waals surface area contributed by atoms with Crippen LogP contribution in [0.25, 0.3) is 0 Å². The normalized spacial score (nSPS) is 35.3. The molecule has 2 aliphatic rings. The molecular formula is C17H26O4. The zero-order chi connectivity index (χ0) is 15.4. The fourth-order valence-corrected chi connectivity index (χ4v) is 3.24. The monoisotopic (exact) mass is 294 g/mol. The van der Waals surface area contributed by atoms with Crippen LogP contribution in [-0.2, 0) is 9.53 Å². The molecule has 0 radical (unpaired) electrons. The fraction of sp³-hybridized carbons (Fsp3) is 0.706. The van der Waals surface area contributed by atoms with Gasteiger partial charge in [-0.15, -0.1) is 0 Å². The van der Waals surface area contributed by atoms with E-state index in [0.717, 1.165) is 12.8 Å². The molecule has 2 fully saturated rings. The molecule has 1 heterocycles. The van der Waals surface area contributed by atoms with Crippen molar-refractivity contribution in [3.63, 3.8) is 0 Å². The van der Waals surface area contributed by atoms with Gasteiger partial charge in [0.2, 0.25) is 0 Å². The molecule has 0 aromatic rings. The molecule has 2 rings (SSSR count). The molecule has 1 aliphatic heterocycles. The lowest BCUT2D eigenvalue weighted by atomic mass is 9.90. The summed E-state index contributed by atoms with van der Waals surface area (Å²) in [6, 6.07) is 0. The van der Waals surface area contributed by atoms with Crippen LogP contribution >= 0.6 is 0 Å². The van der Waals surface area contributed by atoms with Gasteiger partial charge in [-0.2, -0.15) is 0 Å². The average molecular weight is 294 g/mol. The van der Waals surface area contributed by atoms with Crippen molar-refractivity contribution in [2.45, 2.75) is 57.8 Å². The third-order valence-corrected chi connectivity index (χ3v) is 4.60. The molecule has 0 aromatic heterocycles. The van der Waals surface area contributed by atoms with Gasteiger partial charge in [-0.25, -0.2) is 0 Å². The standard InChI is InChI=1S/C17H26O4/c1-3-4-5-6-11(2)14(18)8-7-12-13-9-17(20)21-16(13)10-15(12)19/h4-5,7-8,11-16,18-19H,3,6,9-10H2,1-2H3/t11?,12-,13-,14-,15-,16+/m1/s1. The van der Waals surface area contributed by atoms with Crippen molar-refractivity contribution in [1.29, 1.82) is 0 Å². The Hall–Kier alpha value is -1.13. The van der Waals surface area contributed by atoms with E-state index in [0.29, 0.717) is 12.8 Å². The van der Waals surface area contributed by atoms with Crippen LogP contribution in [0.5, 0.6) is 0 Å². The summed E-state index contributed by atoms with van der Waals surface area (Å²) in [5.41, 5.74) is 0. The van der Waals surface area contributed by atoms with E-state index in [4.69, 9.17) is 4.74 Å². The van der Waals surface area contributed by atoms with Crippen molar-refractivity contribution in [2.24, 2.45) is 17.8 Å². The Morgan fingerprint density at radius 1 is 1.43 bits per heavy atom. The SMILES string of the molecule is CCC=CCC(C)[C@H](O)C=C[C@@H]1[C@H]2CC(=O)O[C@H]2C[C@H]1O. The number of carbonyl (C=O) groups is 1. The van der Waals surface area contributed by atoms with Crippen LogP contribution in [0.3, 0.4) is 0 Å². The molecule has 1 unspecified atom stereocenters. The van der Waals surface area contributed by atoms with Crippen molar-refractivity contribution in [3.05, 3.63) is 24.3 Å². The van der Waals surface area contributed by atoms with E-state index in [1.807, 2.05) is 13.0 Å². The molecule has 1 aliphatic carbocycles. The first kappa shape index (κ1) is 16.2. The van der Waals surface area contributed by atoms with Gasteiger partial charge in [-0.05, 0) is 18.8 Å². The Bertz CT molecular complexity index is 415. The van der Waals surface area contributed by atoms with Gasteiger partial charge in [0.25, 0.3) is 0 Å². The first-order valence-electron chi connectivity index (χ1n) is 7.91. The lowest BCUT2D eigenvalue weighted by Crippen LogP contribution is -2.20. The zero-order valence-corrected chi connectivity index (χ0v) is 12.8. The van der Waals surface area contributed by atoms with Crippen LogP contribution in [0.15, 0.2) is 24.3 Å². The number of aliphatic hydroxyl groups excluding tert-OH is 2. The van der Waals surface area contributed by atoms with Crippen molar-refractivity contribution < 1.29 is 19.7 Å². The molecule has 1 saturated heterocycles. The fourth-order valence-electron chi connectivity index (χ4n) is 3.24. The molecule has 0 bridgehead atoms. The molecule has 4 heteroatoms. The number of allylic oxidation sites excluding steroid dienone is 2. The second kappa shape index (κ2) is 7.23. The van der Waals surface area contributed by atoms with E-state index in [1.54, 1.807) is 6.08 Å². The molecule has 0 spiro atoms. The van der Waals surface area contributed by atoms with E-state index >= 15 is 0 Å². The Morgan fingerprint density at radius 2 is 2.19 bits per heavy atom. The highest BCUT2D eigenvalue weighted by Crippen LogP contribution is 2.42. The van der Waals surface area contributed by atoms with E-state index in [1.165, 1.54) is 0 Å². The van der Waals surface area contributed by atoms with Crippen LogP contribution < -0.4 is 0 Å². The number of rotatable bonds is 6. The minimum Gasteiger partial charge on any atom is -0.462 e. The lowest BCUT2D eigenvalue weighted by Gasteiger charge is -2.17. The van der Waals surface area contributed by atoms with Gasteiger partial charge in [0.15, 0.2) is 0 Å². The van der Waals surface area contributed by atoms with Gasteiger partial charge in [0, 0.05) is 18.3 Å². The van der Waals surface area contributed by atoms with E-state index in [2.05, 4.69) is 19.1 Å². The summed E-state index contributed by atoms with van der Waals surface area (Å²) in [4.78, 5) is 11.3. The van der Waals surface area contributed by atoms with Crippen LogP contribution in [-0.4, -0.2) is 34.5 Å². The first-order valence-corrected chi connectivity index (χ1v) is 7.91. The van der Waals surface area contributed by atoms with Crippen LogP contribution in [0.4, 0.5) is 0 Å². The highest BCUT2D eigenvalue weighted by Gasteiger charge is 2.48. The Morgan fingerprint density at radius 3 is 2.90 bits per heavy atom. The lowest BCUT2D eigenvalue weighted by molar-refractivity contribution is -0.141. The summed E-state index contributed by atoms with van der Waals surface area (Å²) in [7, 11) is 0. The molecule has 1 saturated carbocycles. The summed E-state index contributed by atoms with van der Waals surface area (Å²) < 4.78 is 5.20. The minimum absolute atomic E-state index is 0.0613. The zero-order valence-electron chi connectivity index (χ0n) is 12.8. The van der Waals surface area contributed by atoms with Crippen molar-refractivity contribution in [2.75, 3.05) is 0 Å². The minimum atomic E-state index is -0.532. The number of hydrogen-bond donors (Lipinski definition) is 2. The molecule has 0 amide bonds. The Labute approximate surface area is 126 Å². The summed E-state index contributed by atoms with van der Waals surface area (Å²) in [6.45, 7) is 4.09. The quantitative estimate of drug-likeness (QED) is 0.582. The Kier molecular flexibility index (Phi) is 5.59. The number of esters is 1. The summed E-state index contributed by atoms with van der Waals surface area (Å²) >= 11 is 0. The van der Waals surface area contributed by atoms with Gasteiger partial charge >= 0.3 is 5.97 Å². The summed E-state index contributed by atoms with van der Waals surface area (Å²) in [6.07, 6.45) is 9.39. The van der Waals surface area contributed by atoms with Gasteiger partial charge < -0.3 is 14.9 Å². The van der Waals surface area contributed by atoms with Crippen LogP contribution in [0.1, 0.15) is 39.5 Å². The highest BCUT2D eigenvalue weighted by molar-refractivity contribution is 5.72. The van der Waals surface area contributed by atoms with E-state index in [9.17, 15) is 15.0 Å². The number of hydrogen-bond acceptors (Lipinski definition) is 4. The van der Waals surface area contributed by atoms with E-state index < -0.39 is 12.2 Å². The molecular weight excluding hydrogens is 268 g/mol. The molecule has 6 atom stereocenters. The van der Waals surface area contributed by atoms with Gasteiger partial charge in [-0.3, -0.25) is 4.79 Å². The summed E-state index contributed by atoms with van der Waals surface area (Å²) in [5.74, 6) is -0.0606. The van der Waals surface area contributed by atoms with Crippen molar-refractivity contribution in [3.8, 4) is 0 Å². The Balaban J connectivity index is 1.90. The first-order chi connectivity index (χ1) is 10.0. The molecule has 0 aromatic carbocycles. The van der Waals surface area contributed by atoms with Crippen LogP contribution in [0.2, 0.25) is 0 Å². The van der Waals surface area contributed by atoms with Gasteiger partial charge in [0.1, 0.15) is 6.10 Å². The van der Waals surface area contributed by atoms with Gasteiger partial charge in [-0.1, -0.05) is 38.2 Å². The molecule has 21 heavy (non-hydrogen) atoms.